The lowest BCUT2D eigenvalue weighted by Gasteiger charge is -2.17. The molecular formula is C18H26N3O3. The SMILES string of the molecule is COc1ccc(NC[C@H](NC(=O)[CH]CC2CCCC2)C(N)=O)cc1. The molecule has 131 valence electrons. The molecule has 1 radical (unpaired) electrons. The van der Waals surface area contributed by atoms with E-state index < -0.39 is 11.9 Å². The minimum absolute atomic E-state index is 0.234. The number of hydrogen-bond donors (Lipinski definition) is 3. The van der Waals surface area contributed by atoms with Crippen molar-refractivity contribution in [3.8, 4) is 5.75 Å². The van der Waals surface area contributed by atoms with Crippen molar-refractivity contribution in [3.63, 3.8) is 0 Å². The smallest absolute Gasteiger partial charge is 0.241 e. The third-order valence-corrected chi connectivity index (χ3v) is 4.37. The Hall–Kier alpha value is -2.24. The van der Waals surface area contributed by atoms with E-state index in [4.69, 9.17) is 10.5 Å². The summed E-state index contributed by atoms with van der Waals surface area (Å²) >= 11 is 0. The first kappa shape index (κ1) is 18.1. The lowest BCUT2D eigenvalue weighted by atomic mass is 10.0. The van der Waals surface area contributed by atoms with Gasteiger partial charge in [0, 0.05) is 18.7 Å². The fraction of sp³-hybridized carbons (Fsp3) is 0.500. The molecule has 1 atom stereocenters. The molecule has 0 spiro atoms. The maximum atomic E-state index is 12.0. The van der Waals surface area contributed by atoms with Crippen molar-refractivity contribution in [2.75, 3.05) is 19.0 Å². The van der Waals surface area contributed by atoms with Crippen molar-refractivity contribution in [1.82, 2.24) is 5.32 Å². The second kappa shape index (κ2) is 9.15. The molecule has 1 saturated carbocycles. The van der Waals surface area contributed by atoms with E-state index in [-0.39, 0.29) is 12.5 Å². The summed E-state index contributed by atoms with van der Waals surface area (Å²) in [5.74, 6) is 0.558. The van der Waals surface area contributed by atoms with Crippen LogP contribution < -0.4 is 21.1 Å². The van der Waals surface area contributed by atoms with Gasteiger partial charge < -0.3 is 21.1 Å². The lowest BCUT2D eigenvalue weighted by Crippen LogP contribution is -2.48. The summed E-state index contributed by atoms with van der Waals surface area (Å²) in [6, 6.07) is 6.56. The number of nitrogens with two attached hydrogens (primary N) is 1. The van der Waals surface area contributed by atoms with Crippen LogP contribution in [0.25, 0.3) is 0 Å². The third kappa shape index (κ3) is 5.76. The Bertz CT molecular complexity index is 539. The number of carbonyl (C=O) groups is 2. The van der Waals surface area contributed by atoms with Gasteiger partial charge in [-0.3, -0.25) is 9.59 Å². The molecule has 0 saturated heterocycles. The third-order valence-electron chi connectivity index (χ3n) is 4.37. The number of hydrogen-bond acceptors (Lipinski definition) is 4. The molecule has 0 aliphatic heterocycles. The molecule has 6 nitrogen and oxygen atoms in total. The van der Waals surface area contributed by atoms with Gasteiger partial charge in [-0.1, -0.05) is 25.7 Å². The highest BCUT2D eigenvalue weighted by molar-refractivity contribution is 5.90. The van der Waals surface area contributed by atoms with Gasteiger partial charge in [0.1, 0.15) is 11.8 Å². The van der Waals surface area contributed by atoms with E-state index in [1.807, 2.05) is 24.3 Å². The Labute approximate surface area is 143 Å². The van der Waals surface area contributed by atoms with Crippen molar-refractivity contribution < 1.29 is 14.3 Å². The summed E-state index contributed by atoms with van der Waals surface area (Å²) in [5.41, 5.74) is 6.21. The van der Waals surface area contributed by atoms with Gasteiger partial charge in [-0.2, -0.15) is 0 Å². The zero-order valence-electron chi connectivity index (χ0n) is 14.1. The average Bonchev–Trinajstić information content (AvgIpc) is 3.10. The highest BCUT2D eigenvalue weighted by atomic mass is 16.5. The highest BCUT2D eigenvalue weighted by Crippen LogP contribution is 2.28. The number of primary amides is 1. The monoisotopic (exact) mass is 332 g/mol. The maximum absolute atomic E-state index is 12.0. The number of carbonyl (C=O) groups excluding carboxylic acids is 2. The Kier molecular flexibility index (Phi) is 6.90. The van der Waals surface area contributed by atoms with Crippen LogP contribution in [-0.4, -0.2) is 31.5 Å². The first-order valence-electron chi connectivity index (χ1n) is 8.39. The quantitative estimate of drug-likeness (QED) is 0.643. The summed E-state index contributed by atoms with van der Waals surface area (Å²) in [5, 5.41) is 5.77. The first-order valence-corrected chi connectivity index (χ1v) is 8.39. The zero-order chi connectivity index (χ0) is 17.4. The largest absolute Gasteiger partial charge is 0.497 e. The fourth-order valence-electron chi connectivity index (χ4n) is 2.90. The van der Waals surface area contributed by atoms with Crippen LogP contribution in [0, 0.1) is 12.3 Å². The number of amides is 2. The van der Waals surface area contributed by atoms with Gasteiger partial charge in [0.15, 0.2) is 0 Å². The van der Waals surface area contributed by atoms with E-state index in [0.29, 0.717) is 5.92 Å². The van der Waals surface area contributed by atoms with Crippen molar-refractivity contribution in [1.29, 1.82) is 0 Å². The summed E-state index contributed by atoms with van der Waals surface area (Å²) in [6.07, 6.45) is 7.26. The Morgan fingerprint density at radius 1 is 1.29 bits per heavy atom. The van der Waals surface area contributed by atoms with Gasteiger partial charge in [0.2, 0.25) is 11.8 Å². The van der Waals surface area contributed by atoms with Gasteiger partial charge in [-0.05, 0) is 36.6 Å². The number of methoxy groups -OCH3 is 1. The molecule has 2 amide bonds. The van der Waals surface area contributed by atoms with Crippen LogP contribution in [0.5, 0.6) is 5.75 Å². The summed E-state index contributed by atoms with van der Waals surface area (Å²) in [7, 11) is 1.60. The van der Waals surface area contributed by atoms with E-state index in [1.165, 1.54) is 25.7 Å². The number of nitrogens with one attached hydrogen (secondary N) is 2. The van der Waals surface area contributed by atoms with Gasteiger partial charge in [0.05, 0.1) is 7.11 Å². The van der Waals surface area contributed by atoms with Crippen molar-refractivity contribution in [2.45, 2.75) is 38.1 Å². The number of rotatable bonds is 9. The van der Waals surface area contributed by atoms with Crippen LogP contribution in [-0.2, 0) is 9.59 Å². The normalized spacial score (nSPS) is 15.7. The second-order valence-corrected chi connectivity index (χ2v) is 6.16. The zero-order valence-corrected chi connectivity index (χ0v) is 14.1. The topological polar surface area (TPSA) is 93.4 Å². The van der Waals surface area contributed by atoms with Crippen molar-refractivity contribution in [3.05, 3.63) is 30.7 Å². The fourth-order valence-corrected chi connectivity index (χ4v) is 2.90. The molecule has 0 unspecified atom stereocenters. The Balaban J connectivity index is 1.77. The minimum atomic E-state index is -0.751. The highest BCUT2D eigenvalue weighted by Gasteiger charge is 2.20. The van der Waals surface area contributed by atoms with Crippen LogP contribution in [0.1, 0.15) is 32.1 Å². The lowest BCUT2D eigenvalue weighted by molar-refractivity contribution is -0.125. The molecule has 0 heterocycles. The van der Waals surface area contributed by atoms with Gasteiger partial charge in [-0.25, -0.2) is 0 Å². The molecule has 1 fully saturated rings. The molecule has 24 heavy (non-hydrogen) atoms. The maximum Gasteiger partial charge on any atom is 0.241 e. The van der Waals surface area contributed by atoms with Gasteiger partial charge in [0.25, 0.3) is 0 Å². The van der Waals surface area contributed by atoms with Gasteiger partial charge in [-0.15, -0.1) is 0 Å². The van der Waals surface area contributed by atoms with Crippen LogP contribution in [0.15, 0.2) is 24.3 Å². The van der Waals surface area contributed by atoms with Crippen LogP contribution in [0.4, 0.5) is 5.69 Å². The number of anilines is 1. The second-order valence-electron chi connectivity index (χ2n) is 6.16. The van der Waals surface area contributed by atoms with E-state index in [2.05, 4.69) is 10.6 Å². The molecule has 1 aliphatic carbocycles. The molecule has 1 aromatic carbocycles. The molecule has 4 N–H and O–H groups in total. The predicted molar refractivity (Wildman–Crippen MR) is 93.5 cm³/mol. The summed E-state index contributed by atoms with van der Waals surface area (Å²) < 4.78 is 5.09. The van der Waals surface area contributed by atoms with E-state index in [0.717, 1.165) is 17.9 Å². The molecule has 1 aliphatic rings. The number of benzene rings is 1. The number of ether oxygens (including phenoxy) is 1. The van der Waals surface area contributed by atoms with E-state index >= 15 is 0 Å². The first-order chi connectivity index (χ1) is 11.6. The van der Waals surface area contributed by atoms with Crippen molar-refractivity contribution >= 4 is 17.5 Å². The molecular weight excluding hydrogens is 306 g/mol. The minimum Gasteiger partial charge on any atom is -0.497 e. The standard InChI is InChI=1S/C18H26N3O3/c1-24-15-9-7-14(8-10-15)20-12-16(18(19)23)21-17(22)11-6-13-4-2-3-5-13/h7-11,13,16,20H,2-6,12H2,1H3,(H2,19,23)(H,21,22)/t16-/m0/s1. The van der Waals surface area contributed by atoms with E-state index in [1.54, 1.807) is 13.5 Å². The average molecular weight is 332 g/mol. The Morgan fingerprint density at radius 3 is 2.54 bits per heavy atom. The van der Waals surface area contributed by atoms with Crippen LogP contribution in [0.3, 0.4) is 0 Å². The molecule has 0 bridgehead atoms. The van der Waals surface area contributed by atoms with E-state index in [9.17, 15) is 9.59 Å². The molecule has 2 rings (SSSR count). The van der Waals surface area contributed by atoms with Crippen molar-refractivity contribution in [2.24, 2.45) is 11.7 Å². The predicted octanol–water partition coefficient (Wildman–Crippen LogP) is 1.86. The molecule has 0 aromatic heterocycles. The molecule has 1 aromatic rings. The summed E-state index contributed by atoms with van der Waals surface area (Å²) in [6.45, 7) is 0.241. The van der Waals surface area contributed by atoms with Crippen LogP contribution >= 0.6 is 0 Å². The Morgan fingerprint density at radius 2 is 1.96 bits per heavy atom. The van der Waals surface area contributed by atoms with Crippen LogP contribution in [0.2, 0.25) is 0 Å². The van der Waals surface area contributed by atoms with Gasteiger partial charge >= 0.3 is 0 Å². The summed E-state index contributed by atoms with van der Waals surface area (Å²) in [4.78, 5) is 23.5. The molecule has 6 heteroatoms.